The third-order valence-corrected chi connectivity index (χ3v) is 3.72. The van der Waals surface area contributed by atoms with Gasteiger partial charge in [0.1, 0.15) is 6.33 Å². The Hall–Kier alpha value is -2.36. The molecule has 0 unspecified atom stereocenters. The number of thioether (sulfide) groups is 1. The number of hydrogen-bond acceptors (Lipinski definition) is 6. The molecule has 1 aliphatic rings. The smallest absolute Gasteiger partial charge is 0.395 e. The van der Waals surface area contributed by atoms with Crippen LogP contribution in [-0.4, -0.2) is 32.7 Å². The van der Waals surface area contributed by atoms with Crippen LogP contribution >= 0.6 is 11.8 Å². The molecule has 1 N–H and O–H groups in total. The first-order chi connectivity index (χ1) is 10.4. The molecule has 2 heterocycles. The van der Waals surface area contributed by atoms with Gasteiger partial charge in [-0.05, 0) is 12.1 Å². The highest BCUT2D eigenvalue weighted by Crippen LogP contribution is 2.42. The summed E-state index contributed by atoms with van der Waals surface area (Å²) in [6, 6.07) is 4.04. The van der Waals surface area contributed by atoms with Crippen LogP contribution in [0.3, 0.4) is 0 Å². The lowest BCUT2D eigenvalue weighted by molar-refractivity contribution is -0.286. The molecule has 116 valence electrons. The molecule has 7 nitrogen and oxygen atoms in total. The van der Waals surface area contributed by atoms with Crippen LogP contribution in [0.2, 0.25) is 0 Å². The number of aromatic nitrogens is 3. The minimum Gasteiger partial charge on any atom is -0.395 e. The average molecular weight is 328 g/mol. The third kappa shape index (κ3) is 3.11. The van der Waals surface area contributed by atoms with Gasteiger partial charge >= 0.3 is 6.29 Å². The molecule has 0 radical (unpaired) electrons. The molecule has 10 heteroatoms. The van der Waals surface area contributed by atoms with Crippen molar-refractivity contribution in [2.45, 2.75) is 11.5 Å². The van der Waals surface area contributed by atoms with Crippen molar-refractivity contribution in [1.29, 1.82) is 0 Å². The number of nitrogens with one attached hydrogen (secondary N) is 1. The summed E-state index contributed by atoms with van der Waals surface area (Å²) in [6.45, 7) is 0. The predicted molar refractivity (Wildman–Crippen MR) is 73.0 cm³/mol. The number of anilines is 1. The number of benzene rings is 1. The molecular weight excluding hydrogens is 318 g/mol. The number of alkyl halides is 2. The fourth-order valence-corrected chi connectivity index (χ4v) is 2.45. The van der Waals surface area contributed by atoms with Gasteiger partial charge < -0.3 is 19.4 Å². The SMILES string of the molecule is Cn1cnnc1SCC(=O)Nc1ccc2c(c1)OC(F)(F)O2. The van der Waals surface area contributed by atoms with Crippen molar-refractivity contribution in [1.82, 2.24) is 14.8 Å². The molecule has 0 atom stereocenters. The van der Waals surface area contributed by atoms with Crippen molar-refractivity contribution in [3.63, 3.8) is 0 Å². The Bertz CT molecular complexity index is 722. The molecule has 0 saturated carbocycles. The lowest BCUT2D eigenvalue weighted by Crippen LogP contribution is -2.25. The second kappa shape index (κ2) is 5.44. The number of fused-ring (bicyclic) bond motifs is 1. The Labute approximate surface area is 127 Å². The maximum atomic E-state index is 12.9. The molecule has 1 aliphatic heterocycles. The van der Waals surface area contributed by atoms with Gasteiger partial charge in [0, 0.05) is 18.8 Å². The van der Waals surface area contributed by atoms with Gasteiger partial charge in [0.25, 0.3) is 0 Å². The van der Waals surface area contributed by atoms with Gasteiger partial charge in [0.15, 0.2) is 16.7 Å². The van der Waals surface area contributed by atoms with E-state index in [2.05, 4.69) is 25.0 Å². The zero-order valence-electron chi connectivity index (χ0n) is 11.2. The monoisotopic (exact) mass is 328 g/mol. The zero-order chi connectivity index (χ0) is 15.7. The second-order valence-corrected chi connectivity index (χ2v) is 5.33. The highest BCUT2D eigenvalue weighted by Gasteiger charge is 2.43. The van der Waals surface area contributed by atoms with E-state index in [0.717, 1.165) is 0 Å². The number of carbonyl (C=O) groups is 1. The van der Waals surface area contributed by atoms with Crippen LogP contribution in [0.25, 0.3) is 0 Å². The minimum absolute atomic E-state index is 0.0727. The van der Waals surface area contributed by atoms with E-state index in [0.29, 0.717) is 10.8 Å². The normalized spacial score (nSPS) is 14.9. The van der Waals surface area contributed by atoms with Gasteiger partial charge in [-0.3, -0.25) is 4.79 Å². The van der Waals surface area contributed by atoms with Crippen molar-refractivity contribution < 1.29 is 23.0 Å². The van der Waals surface area contributed by atoms with Gasteiger partial charge in [0.05, 0.1) is 5.75 Å². The summed E-state index contributed by atoms with van der Waals surface area (Å²) in [5.41, 5.74) is 0.337. The van der Waals surface area contributed by atoms with E-state index in [9.17, 15) is 13.6 Å². The molecule has 1 amide bonds. The Balaban J connectivity index is 1.60. The molecule has 0 aliphatic carbocycles. The zero-order valence-corrected chi connectivity index (χ0v) is 12.1. The van der Waals surface area contributed by atoms with Gasteiger partial charge in [-0.15, -0.1) is 19.0 Å². The summed E-state index contributed by atoms with van der Waals surface area (Å²) in [5.74, 6) is -0.393. The molecule has 0 spiro atoms. The lowest BCUT2D eigenvalue weighted by Gasteiger charge is -2.05. The molecule has 1 aromatic heterocycles. The van der Waals surface area contributed by atoms with Gasteiger partial charge in [-0.25, -0.2) is 0 Å². The van der Waals surface area contributed by atoms with Crippen molar-refractivity contribution in [3.8, 4) is 11.5 Å². The summed E-state index contributed by atoms with van der Waals surface area (Å²) >= 11 is 1.21. The number of rotatable bonds is 4. The first-order valence-corrected chi connectivity index (χ1v) is 7.08. The van der Waals surface area contributed by atoms with E-state index in [4.69, 9.17) is 0 Å². The highest BCUT2D eigenvalue weighted by molar-refractivity contribution is 7.99. The first kappa shape index (κ1) is 14.6. The van der Waals surface area contributed by atoms with Gasteiger partial charge in [-0.2, -0.15) is 0 Å². The fourth-order valence-electron chi connectivity index (χ4n) is 1.76. The maximum absolute atomic E-state index is 12.9. The molecule has 0 saturated heterocycles. The molecule has 0 bridgehead atoms. The van der Waals surface area contributed by atoms with Crippen molar-refractivity contribution in [2.24, 2.45) is 7.05 Å². The Morgan fingerprint density at radius 2 is 2.18 bits per heavy atom. The second-order valence-electron chi connectivity index (χ2n) is 4.39. The summed E-state index contributed by atoms with van der Waals surface area (Å²) in [6.07, 6.45) is -2.15. The quantitative estimate of drug-likeness (QED) is 0.863. The topological polar surface area (TPSA) is 78.3 Å². The van der Waals surface area contributed by atoms with Crippen LogP contribution in [0.5, 0.6) is 11.5 Å². The number of carbonyl (C=O) groups excluding carboxylic acids is 1. The van der Waals surface area contributed by atoms with Crippen LogP contribution in [0.15, 0.2) is 29.7 Å². The molecular formula is C12H10F2N4O3S. The van der Waals surface area contributed by atoms with Crippen molar-refractivity contribution >= 4 is 23.4 Å². The van der Waals surface area contributed by atoms with Crippen LogP contribution in [0.1, 0.15) is 0 Å². The molecule has 1 aromatic carbocycles. The summed E-state index contributed by atoms with van der Waals surface area (Å²) in [4.78, 5) is 11.8. The van der Waals surface area contributed by atoms with E-state index < -0.39 is 6.29 Å². The summed E-state index contributed by atoms with van der Waals surface area (Å²) < 4.78 is 36.1. The van der Waals surface area contributed by atoms with E-state index in [1.165, 1.54) is 36.3 Å². The number of aryl methyl sites for hydroxylation is 1. The molecule has 0 fully saturated rings. The van der Waals surface area contributed by atoms with Gasteiger partial charge in [-0.1, -0.05) is 11.8 Å². The maximum Gasteiger partial charge on any atom is 0.586 e. The lowest BCUT2D eigenvalue weighted by atomic mass is 10.3. The van der Waals surface area contributed by atoms with Gasteiger partial charge in [0.2, 0.25) is 5.91 Å². The average Bonchev–Trinajstić information content (AvgIpc) is 2.97. The number of amides is 1. The molecule has 22 heavy (non-hydrogen) atoms. The summed E-state index contributed by atoms with van der Waals surface area (Å²) in [7, 11) is 1.76. The van der Waals surface area contributed by atoms with E-state index in [-0.39, 0.29) is 23.2 Å². The first-order valence-electron chi connectivity index (χ1n) is 6.09. The molecule has 3 rings (SSSR count). The van der Waals surface area contributed by atoms with Crippen molar-refractivity contribution in [2.75, 3.05) is 11.1 Å². The Kier molecular flexibility index (Phi) is 3.61. The Morgan fingerprint density at radius 1 is 1.41 bits per heavy atom. The summed E-state index contributed by atoms with van der Waals surface area (Å²) in [5, 5.41) is 10.7. The Morgan fingerprint density at radius 3 is 2.91 bits per heavy atom. The number of halogens is 2. The predicted octanol–water partition coefficient (Wildman–Crippen LogP) is 1.87. The van der Waals surface area contributed by atoms with Crippen LogP contribution in [0, 0.1) is 0 Å². The largest absolute Gasteiger partial charge is 0.586 e. The van der Waals surface area contributed by atoms with E-state index in [1.807, 2.05) is 0 Å². The number of nitrogens with zero attached hydrogens (tertiary/aromatic N) is 3. The van der Waals surface area contributed by atoms with E-state index >= 15 is 0 Å². The van der Waals surface area contributed by atoms with Crippen molar-refractivity contribution in [3.05, 3.63) is 24.5 Å². The number of ether oxygens (including phenoxy) is 2. The van der Waals surface area contributed by atoms with Crippen LogP contribution < -0.4 is 14.8 Å². The third-order valence-electron chi connectivity index (χ3n) is 2.69. The highest BCUT2D eigenvalue weighted by atomic mass is 32.2. The van der Waals surface area contributed by atoms with E-state index in [1.54, 1.807) is 11.6 Å². The number of hydrogen-bond donors (Lipinski definition) is 1. The fraction of sp³-hybridized carbons (Fsp3) is 0.250. The minimum atomic E-state index is -3.67. The van der Waals surface area contributed by atoms with Crippen LogP contribution in [0.4, 0.5) is 14.5 Å². The van der Waals surface area contributed by atoms with Crippen LogP contribution in [-0.2, 0) is 11.8 Å². The molecule has 2 aromatic rings. The standard InChI is InChI=1S/C12H10F2N4O3S/c1-18-6-15-17-11(18)22-5-10(19)16-7-2-3-8-9(4-7)21-12(13,14)20-8/h2-4,6H,5H2,1H3,(H,16,19).